The van der Waals surface area contributed by atoms with Gasteiger partial charge in [-0.1, -0.05) is 26.2 Å². The zero-order valence-corrected chi connectivity index (χ0v) is 8.05. The summed E-state index contributed by atoms with van der Waals surface area (Å²) in [5.74, 6) is 0. The highest BCUT2D eigenvalue weighted by Gasteiger charge is 2.09. The van der Waals surface area contributed by atoms with Crippen molar-refractivity contribution in [1.29, 1.82) is 0 Å². The Kier molecular flexibility index (Phi) is 5.37. The van der Waals surface area contributed by atoms with Gasteiger partial charge in [-0.3, -0.25) is 0 Å². The minimum Gasteiger partial charge on any atom is -0.353 e. The molecule has 0 aromatic heterocycles. The highest BCUT2D eigenvalue weighted by Crippen LogP contribution is 2.11. The fraction of sp³-hybridized carbons (Fsp3) is 1.00. The molecule has 12 heavy (non-hydrogen) atoms. The lowest BCUT2D eigenvalue weighted by Crippen LogP contribution is -2.17. The van der Waals surface area contributed by atoms with Gasteiger partial charge in [-0.25, -0.2) is 0 Å². The monoisotopic (exact) mass is 172 g/mol. The molecule has 0 aromatic rings. The Morgan fingerprint density at radius 1 is 1.00 bits per heavy atom. The van der Waals surface area contributed by atoms with E-state index in [0.717, 1.165) is 26.1 Å². The maximum Gasteiger partial charge on any atom is 0.157 e. The van der Waals surface area contributed by atoms with E-state index in [1.807, 2.05) is 0 Å². The third-order valence-corrected chi connectivity index (χ3v) is 2.17. The van der Waals surface area contributed by atoms with E-state index in [2.05, 4.69) is 6.92 Å². The molecule has 0 amide bonds. The maximum atomic E-state index is 5.58. The van der Waals surface area contributed by atoms with Gasteiger partial charge in [-0.05, 0) is 19.3 Å². The summed E-state index contributed by atoms with van der Waals surface area (Å²) < 4.78 is 11.2. The van der Waals surface area contributed by atoms with Crippen molar-refractivity contribution in [3.8, 4) is 0 Å². The number of hydrogen-bond donors (Lipinski definition) is 0. The van der Waals surface area contributed by atoms with Crippen LogP contribution in [0.15, 0.2) is 0 Å². The minimum atomic E-state index is 0.0769. The molecule has 0 bridgehead atoms. The van der Waals surface area contributed by atoms with Crippen molar-refractivity contribution < 1.29 is 9.47 Å². The first kappa shape index (κ1) is 10.0. The highest BCUT2D eigenvalue weighted by molar-refractivity contribution is 4.50. The van der Waals surface area contributed by atoms with E-state index in [1.165, 1.54) is 25.7 Å². The molecule has 0 spiro atoms. The summed E-state index contributed by atoms with van der Waals surface area (Å²) in [6.07, 6.45) is 7.25. The van der Waals surface area contributed by atoms with Gasteiger partial charge in [0.05, 0.1) is 0 Å². The van der Waals surface area contributed by atoms with Gasteiger partial charge in [0, 0.05) is 13.2 Å². The zero-order valence-electron chi connectivity index (χ0n) is 8.05. The van der Waals surface area contributed by atoms with E-state index in [0.29, 0.717) is 0 Å². The van der Waals surface area contributed by atoms with Crippen molar-refractivity contribution in [2.24, 2.45) is 0 Å². The first-order chi connectivity index (χ1) is 5.93. The van der Waals surface area contributed by atoms with Crippen molar-refractivity contribution in [3.63, 3.8) is 0 Å². The van der Waals surface area contributed by atoms with Crippen molar-refractivity contribution >= 4 is 0 Å². The quantitative estimate of drug-likeness (QED) is 0.637. The van der Waals surface area contributed by atoms with E-state index in [-0.39, 0.29) is 6.29 Å². The second kappa shape index (κ2) is 6.44. The van der Waals surface area contributed by atoms with E-state index < -0.39 is 0 Å². The van der Waals surface area contributed by atoms with E-state index in [1.54, 1.807) is 0 Å². The smallest absolute Gasteiger partial charge is 0.157 e. The zero-order chi connectivity index (χ0) is 8.65. The minimum absolute atomic E-state index is 0.0769. The fourth-order valence-corrected chi connectivity index (χ4v) is 1.44. The molecular formula is C10H20O2. The van der Waals surface area contributed by atoms with Crippen molar-refractivity contribution in [2.45, 2.75) is 51.7 Å². The van der Waals surface area contributed by atoms with Crippen LogP contribution in [0.4, 0.5) is 0 Å². The van der Waals surface area contributed by atoms with Crippen LogP contribution in [-0.4, -0.2) is 19.5 Å². The van der Waals surface area contributed by atoms with Crippen LogP contribution in [0.1, 0.15) is 45.4 Å². The molecule has 1 saturated heterocycles. The lowest BCUT2D eigenvalue weighted by Gasteiger charge is -2.16. The summed E-state index contributed by atoms with van der Waals surface area (Å²) >= 11 is 0. The SMILES string of the molecule is CCCC1OCCCCCCO1. The Morgan fingerprint density at radius 3 is 2.08 bits per heavy atom. The van der Waals surface area contributed by atoms with E-state index in [4.69, 9.17) is 9.47 Å². The molecule has 0 saturated carbocycles. The summed E-state index contributed by atoms with van der Waals surface area (Å²) in [6, 6.07) is 0. The average molecular weight is 172 g/mol. The molecule has 0 aromatic carbocycles. The first-order valence-electron chi connectivity index (χ1n) is 5.16. The Bertz CT molecular complexity index is 94.0. The molecule has 1 heterocycles. The predicted molar refractivity (Wildman–Crippen MR) is 49.1 cm³/mol. The van der Waals surface area contributed by atoms with Gasteiger partial charge in [0.15, 0.2) is 6.29 Å². The van der Waals surface area contributed by atoms with Gasteiger partial charge < -0.3 is 9.47 Å². The molecule has 72 valence electrons. The largest absolute Gasteiger partial charge is 0.353 e. The molecule has 2 heteroatoms. The Balaban J connectivity index is 2.19. The summed E-state index contributed by atoms with van der Waals surface area (Å²) in [6.45, 7) is 3.93. The molecule has 0 atom stereocenters. The lowest BCUT2D eigenvalue weighted by molar-refractivity contribution is -0.143. The summed E-state index contributed by atoms with van der Waals surface area (Å²) in [5.41, 5.74) is 0. The molecule has 1 fully saturated rings. The Labute approximate surface area is 75.2 Å². The number of ether oxygens (including phenoxy) is 2. The van der Waals surface area contributed by atoms with Crippen molar-refractivity contribution in [1.82, 2.24) is 0 Å². The van der Waals surface area contributed by atoms with Crippen LogP contribution in [0.25, 0.3) is 0 Å². The number of hydrogen-bond acceptors (Lipinski definition) is 2. The van der Waals surface area contributed by atoms with Crippen LogP contribution in [-0.2, 0) is 9.47 Å². The normalized spacial score (nSPS) is 22.8. The summed E-state index contributed by atoms with van der Waals surface area (Å²) in [7, 11) is 0. The second-order valence-electron chi connectivity index (χ2n) is 3.37. The van der Waals surface area contributed by atoms with Crippen LogP contribution >= 0.6 is 0 Å². The average Bonchev–Trinajstić information content (AvgIpc) is 2.19. The molecule has 1 aliphatic heterocycles. The van der Waals surface area contributed by atoms with Crippen molar-refractivity contribution in [3.05, 3.63) is 0 Å². The molecule has 0 N–H and O–H groups in total. The Hall–Kier alpha value is -0.0800. The Morgan fingerprint density at radius 2 is 1.58 bits per heavy atom. The maximum absolute atomic E-state index is 5.58. The van der Waals surface area contributed by atoms with Gasteiger partial charge in [0.1, 0.15) is 0 Å². The van der Waals surface area contributed by atoms with E-state index in [9.17, 15) is 0 Å². The topological polar surface area (TPSA) is 18.5 Å². The van der Waals surface area contributed by atoms with Crippen LogP contribution in [0, 0.1) is 0 Å². The van der Waals surface area contributed by atoms with Gasteiger partial charge in [0.2, 0.25) is 0 Å². The molecule has 1 aliphatic rings. The fourth-order valence-electron chi connectivity index (χ4n) is 1.44. The second-order valence-corrected chi connectivity index (χ2v) is 3.37. The van der Waals surface area contributed by atoms with E-state index >= 15 is 0 Å². The summed E-state index contributed by atoms with van der Waals surface area (Å²) in [5, 5.41) is 0. The van der Waals surface area contributed by atoms with Crippen molar-refractivity contribution in [2.75, 3.05) is 13.2 Å². The van der Waals surface area contributed by atoms with Gasteiger partial charge in [0.25, 0.3) is 0 Å². The lowest BCUT2D eigenvalue weighted by atomic mass is 10.2. The molecular weight excluding hydrogens is 152 g/mol. The highest BCUT2D eigenvalue weighted by atomic mass is 16.7. The van der Waals surface area contributed by atoms with Crippen LogP contribution in [0.5, 0.6) is 0 Å². The predicted octanol–water partition coefficient (Wildman–Crippen LogP) is 2.72. The third kappa shape index (κ3) is 4.07. The molecule has 0 unspecified atom stereocenters. The van der Waals surface area contributed by atoms with Gasteiger partial charge in [-0.2, -0.15) is 0 Å². The van der Waals surface area contributed by atoms with Crippen LogP contribution in [0.3, 0.4) is 0 Å². The molecule has 1 rings (SSSR count). The van der Waals surface area contributed by atoms with Gasteiger partial charge >= 0.3 is 0 Å². The van der Waals surface area contributed by atoms with Crippen LogP contribution in [0.2, 0.25) is 0 Å². The number of rotatable bonds is 2. The first-order valence-corrected chi connectivity index (χ1v) is 5.16. The van der Waals surface area contributed by atoms with Crippen LogP contribution < -0.4 is 0 Å². The molecule has 2 nitrogen and oxygen atoms in total. The standard InChI is InChI=1S/C10H20O2/c1-2-7-10-11-8-5-3-4-6-9-12-10/h10H,2-9H2,1H3. The third-order valence-electron chi connectivity index (χ3n) is 2.17. The van der Waals surface area contributed by atoms with Gasteiger partial charge in [-0.15, -0.1) is 0 Å². The molecule has 0 radical (unpaired) electrons. The summed E-state index contributed by atoms with van der Waals surface area (Å²) in [4.78, 5) is 0. The molecule has 0 aliphatic carbocycles.